The Hall–Kier alpha value is -1.67. The lowest BCUT2D eigenvalue weighted by Gasteiger charge is -2.08. The molecule has 0 fully saturated rings. The summed E-state index contributed by atoms with van der Waals surface area (Å²) in [6, 6.07) is 5.69. The van der Waals surface area contributed by atoms with Crippen LogP contribution in [0, 0.1) is 6.92 Å². The third-order valence-corrected chi connectivity index (χ3v) is 7.49. The summed E-state index contributed by atoms with van der Waals surface area (Å²) in [6.07, 6.45) is 3.51. The quantitative estimate of drug-likeness (QED) is 0.364. The normalized spacial score (nSPS) is 13.7. The lowest BCUT2D eigenvalue weighted by atomic mass is 10.2. The minimum Gasteiger partial charge on any atom is -0.395 e. The van der Waals surface area contributed by atoms with Crippen molar-refractivity contribution in [2.45, 2.75) is 43.5 Å². The molecule has 4 aromatic rings. The zero-order valence-electron chi connectivity index (χ0n) is 15.4. The lowest BCUT2D eigenvalue weighted by molar-refractivity contribution is 0.276. The number of aliphatic hydroxyl groups excluding tert-OH is 1. The number of thioether (sulfide) groups is 1. The van der Waals surface area contributed by atoms with Gasteiger partial charge in [-0.15, -0.1) is 11.3 Å². The van der Waals surface area contributed by atoms with Gasteiger partial charge in [0.15, 0.2) is 0 Å². The van der Waals surface area contributed by atoms with E-state index in [1.165, 1.54) is 22.2 Å². The molecule has 3 aromatic heterocycles. The fraction of sp³-hybridized carbons (Fsp3) is 0.350. The fourth-order valence-corrected chi connectivity index (χ4v) is 6.49. The highest BCUT2D eigenvalue weighted by atomic mass is 35.5. The molecule has 0 unspecified atom stereocenters. The molecule has 0 atom stereocenters. The Kier molecular flexibility index (Phi) is 4.79. The van der Waals surface area contributed by atoms with Crippen molar-refractivity contribution in [3.05, 3.63) is 45.3 Å². The first-order chi connectivity index (χ1) is 13.6. The second-order valence-electron chi connectivity index (χ2n) is 6.94. The lowest BCUT2D eigenvalue weighted by Crippen LogP contribution is -2.06. The first-order valence-electron chi connectivity index (χ1n) is 9.31. The number of aryl methyl sites for hydroxylation is 3. The predicted octanol–water partition coefficient (Wildman–Crippen LogP) is 4.78. The van der Waals surface area contributed by atoms with Gasteiger partial charge >= 0.3 is 0 Å². The minimum absolute atomic E-state index is 0.0601. The molecular formula is C20H19ClN4OS2. The van der Waals surface area contributed by atoms with E-state index < -0.39 is 0 Å². The van der Waals surface area contributed by atoms with Crippen LogP contribution < -0.4 is 0 Å². The van der Waals surface area contributed by atoms with Crippen molar-refractivity contribution in [3.8, 4) is 0 Å². The molecule has 0 aliphatic heterocycles. The monoisotopic (exact) mass is 430 g/mol. The van der Waals surface area contributed by atoms with Crippen LogP contribution in [0.15, 0.2) is 23.2 Å². The first kappa shape index (κ1) is 18.4. The summed E-state index contributed by atoms with van der Waals surface area (Å²) in [4.78, 5) is 16.8. The number of aromatic nitrogens is 4. The average molecular weight is 431 g/mol. The minimum atomic E-state index is 0.0601. The van der Waals surface area contributed by atoms with Gasteiger partial charge in [0.05, 0.1) is 23.4 Å². The van der Waals surface area contributed by atoms with Crippen LogP contribution in [0.1, 0.15) is 28.5 Å². The zero-order chi connectivity index (χ0) is 19.3. The van der Waals surface area contributed by atoms with Crippen molar-refractivity contribution in [1.82, 2.24) is 19.5 Å². The van der Waals surface area contributed by atoms with E-state index in [-0.39, 0.29) is 6.61 Å². The SMILES string of the molecule is Cc1nc(SCc2nc3ccc(Cl)cc3n2CCO)c2c3c(sc2n1)CCC3. The molecule has 144 valence electrons. The number of hydrogen-bond acceptors (Lipinski definition) is 6. The molecule has 5 nitrogen and oxygen atoms in total. The zero-order valence-corrected chi connectivity index (χ0v) is 17.8. The number of imidazole rings is 1. The Bertz CT molecular complexity index is 1200. The van der Waals surface area contributed by atoms with Crippen LogP contribution in [0.5, 0.6) is 0 Å². The molecular weight excluding hydrogens is 412 g/mol. The van der Waals surface area contributed by atoms with E-state index in [1.54, 1.807) is 11.8 Å². The number of rotatable bonds is 5. The second-order valence-corrected chi connectivity index (χ2v) is 9.42. The molecule has 8 heteroatoms. The van der Waals surface area contributed by atoms with Gasteiger partial charge in [0.2, 0.25) is 0 Å². The maximum absolute atomic E-state index is 9.52. The molecule has 1 N–H and O–H groups in total. The summed E-state index contributed by atoms with van der Waals surface area (Å²) in [5.41, 5.74) is 3.30. The summed E-state index contributed by atoms with van der Waals surface area (Å²) < 4.78 is 2.05. The Morgan fingerprint density at radius 1 is 1.25 bits per heavy atom. The van der Waals surface area contributed by atoms with Crippen LogP contribution in [-0.4, -0.2) is 31.2 Å². The van der Waals surface area contributed by atoms with Gasteiger partial charge in [0.1, 0.15) is 21.5 Å². The van der Waals surface area contributed by atoms with E-state index in [1.807, 2.05) is 36.5 Å². The number of halogens is 1. The molecule has 5 rings (SSSR count). The van der Waals surface area contributed by atoms with Crippen molar-refractivity contribution < 1.29 is 5.11 Å². The van der Waals surface area contributed by atoms with Crippen LogP contribution in [0.25, 0.3) is 21.3 Å². The van der Waals surface area contributed by atoms with Gasteiger partial charge < -0.3 is 9.67 Å². The Balaban J connectivity index is 1.54. The van der Waals surface area contributed by atoms with Gasteiger partial charge in [-0.2, -0.15) is 0 Å². The van der Waals surface area contributed by atoms with E-state index in [4.69, 9.17) is 21.6 Å². The van der Waals surface area contributed by atoms with Gasteiger partial charge in [0, 0.05) is 21.8 Å². The summed E-state index contributed by atoms with van der Waals surface area (Å²) in [5, 5.41) is 12.5. The maximum Gasteiger partial charge on any atom is 0.128 e. The second kappa shape index (κ2) is 7.30. The molecule has 0 saturated heterocycles. The fourth-order valence-electron chi connectivity index (χ4n) is 3.91. The smallest absolute Gasteiger partial charge is 0.128 e. The van der Waals surface area contributed by atoms with Crippen LogP contribution in [0.3, 0.4) is 0 Å². The third-order valence-electron chi connectivity index (χ3n) is 5.09. The van der Waals surface area contributed by atoms with Crippen molar-refractivity contribution in [2.24, 2.45) is 0 Å². The highest BCUT2D eigenvalue weighted by molar-refractivity contribution is 7.98. The molecule has 1 aromatic carbocycles. The van der Waals surface area contributed by atoms with Crippen molar-refractivity contribution in [3.63, 3.8) is 0 Å². The molecule has 0 amide bonds. The molecule has 1 aliphatic carbocycles. The number of aliphatic hydroxyl groups is 1. The van der Waals surface area contributed by atoms with E-state index >= 15 is 0 Å². The molecule has 1 aliphatic rings. The summed E-state index contributed by atoms with van der Waals surface area (Å²) in [6.45, 7) is 2.51. The van der Waals surface area contributed by atoms with E-state index in [9.17, 15) is 5.11 Å². The number of hydrogen-bond donors (Lipinski definition) is 1. The molecule has 28 heavy (non-hydrogen) atoms. The van der Waals surface area contributed by atoms with Crippen LogP contribution >= 0.6 is 34.7 Å². The largest absolute Gasteiger partial charge is 0.395 e. The number of benzene rings is 1. The Morgan fingerprint density at radius 2 is 2.14 bits per heavy atom. The highest BCUT2D eigenvalue weighted by Gasteiger charge is 2.22. The molecule has 3 heterocycles. The van der Waals surface area contributed by atoms with Crippen molar-refractivity contribution in [2.75, 3.05) is 6.61 Å². The number of thiophene rings is 1. The third kappa shape index (κ3) is 3.10. The molecule has 0 bridgehead atoms. The van der Waals surface area contributed by atoms with E-state index in [0.717, 1.165) is 45.4 Å². The molecule has 0 spiro atoms. The Labute approximate surface area is 175 Å². The van der Waals surface area contributed by atoms with Gasteiger partial charge in [-0.25, -0.2) is 15.0 Å². The maximum atomic E-state index is 9.52. The predicted molar refractivity (Wildman–Crippen MR) is 116 cm³/mol. The first-order valence-corrected chi connectivity index (χ1v) is 11.5. The van der Waals surface area contributed by atoms with Gasteiger partial charge in [-0.1, -0.05) is 23.4 Å². The average Bonchev–Trinajstić information content (AvgIpc) is 3.33. The number of nitrogens with zero attached hydrogens (tertiary/aromatic N) is 4. The van der Waals surface area contributed by atoms with Crippen LogP contribution in [-0.2, 0) is 25.1 Å². The van der Waals surface area contributed by atoms with Crippen molar-refractivity contribution in [1.29, 1.82) is 0 Å². The molecule has 0 radical (unpaired) electrons. The van der Waals surface area contributed by atoms with E-state index in [2.05, 4.69) is 9.55 Å². The van der Waals surface area contributed by atoms with Crippen LogP contribution in [0.4, 0.5) is 0 Å². The number of fused-ring (bicyclic) bond motifs is 4. The van der Waals surface area contributed by atoms with E-state index in [0.29, 0.717) is 17.3 Å². The van der Waals surface area contributed by atoms with Gasteiger partial charge in [0.25, 0.3) is 0 Å². The topological polar surface area (TPSA) is 63.8 Å². The summed E-state index contributed by atoms with van der Waals surface area (Å²) >= 11 is 9.70. The summed E-state index contributed by atoms with van der Waals surface area (Å²) in [5.74, 6) is 2.42. The Morgan fingerprint density at radius 3 is 3.00 bits per heavy atom. The van der Waals surface area contributed by atoms with Gasteiger partial charge in [-0.05, 0) is 49.9 Å². The van der Waals surface area contributed by atoms with Crippen LogP contribution in [0.2, 0.25) is 5.02 Å². The standard InChI is InChI=1S/C20H19ClN4OS2/c1-11-22-19(18-13-3-2-4-16(13)28-20(18)23-11)27-10-17-24-14-6-5-12(21)9-15(14)25(17)7-8-26/h5-6,9,26H,2-4,7-8,10H2,1H3. The van der Waals surface area contributed by atoms with Gasteiger partial charge in [-0.3, -0.25) is 0 Å². The summed E-state index contributed by atoms with van der Waals surface area (Å²) in [7, 11) is 0. The highest BCUT2D eigenvalue weighted by Crippen LogP contribution is 2.41. The molecule has 0 saturated carbocycles. The van der Waals surface area contributed by atoms with Crippen molar-refractivity contribution >= 4 is 55.9 Å².